The third-order valence-electron chi connectivity index (χ3n) is 5.74. The molecule has 0 aromatic heterocycles. The maximum absolute atomic E-state index is 13.8. The molecular weight excluding hydrogens is 426 g/mol. The summed E-state index contributed by atoms with van der Waals surface area (Å²) in [5, 5.41) is 9.04. The number of ether oxygens (including phenoxy) is 1. The van der Waals surface area contributed by atoms with Crippen LogP contribution in [-0.4, -0.2) is 47.1 Å². The summed E-state index contributed by atoms with van der Waals surface area (Å²) in [6, 6.07) is 17.8. The van der Waals surface area contributed by atoms with Crippen LogP contribution in [0.4, 0.5) is 8.78 Å². The normalized spacial score (nSPS) is 15.2. The van der Waals surface area contributed by atoms with Gasteiger partial charge in [-0.15, -0.1) is 0 Å². The van der Waals surface area contributed by atoms with Crippen molar-refractivity contribution >= 4 is 5.97 Å². The van der Waals surface area contributed by atoms with Gasteiger partial charge in [-0.05, 0) is 67.0 Å². The molecule has 0 saturated carbocycles. The van der Waals surface area contributed by atoms with Crippen LogP contribution in [0.5, 0.6) is 11.5 Å². The van der Waals surface area contributed by atoms with Gasteiger partial charge >= 0.3 is 5.97 Å². The Hall–Kier alpha value is -3.29. The zero-order valence-electron chi connectivity index (χ0n) is 18.2. The molecule has 1 N–H and O–H groups in total. The highest BCUT2D eigenvalue weighted by molar-refractivity contribution is 5.87. The Morgan fingerprint density at radius 2 is 1.39 bits per heavy atom. The fourth-order valence-corrected chi connectivity index (χ4v) is 3.96. The van der Waals surface area contributed by atoms with E-state index in [9.17, 15) is 13.6 Å². The van der Waals surface area contributed by atoms with E-state index < -0.39 is 17.6 Å². The first kappa shape index (κ1) is 22.9. The van der Waals surface area contributed by atoms with Crippen LogP contribution >= 0.6 is 0 Å². The first-order valence-electron chi connectivity index (χ1n) is 10.9. The highest BCUT2D eigenvalue weighted by Crippen LogP contribution is 2.25. The molecule has 1 aliphatic rings. The van der Waals surface area contributed by atoms with Crippen molar-refractivity contribution in [1.29, 1.82) is 0 Å². The van der Waals surface area contributed by atoms with Crippen molar-refractivity contribution in [2.45, 2.75) is 19.5 Å². The van der Waals surface area contributed by atoms with Crippen LogP contribution in [0.3, 0.4) is 0 Å². The third kappa shape index (κ3) is 6.37. The van der Waals surface area contributed by atoms with E-state index in [-0.39, 0.29) is 5.75 Å². The molecule has 172 valence electrons. The van der Waals surface area contributed by atoms with E-state index >= 15 is 0 Å². The van der Waals surface area contributed by atoms with Crippen LogP contribution in [0.2, 0.25) is 0 Å². The molecule has 0 amide bonds. The molecule has 0 atom stereocenters. The standard InChI is InChI=1S/C26H26F2N2O3/c27-22-8-11-25(24(28)16-22)33-23-9-4-20(5-10-23)18-30-13-1-12-29(14-15-30)17-19-2-6-21(7-3-19)26(31)32/h2-11,16H,1,12-15,17-18H2,(H,31,32). The van der Waals surface area contributed by atoms with E-state index in [0.29, 0.717) is 11.3 Å². The number of carbonyl (C=O) groups is 1. The lowest BCUT2D eigenvalue weighted by atomic mass is 10.1. The van der Waals surface area contributed by atoms with Crippen molar-refractivity contribution in [2.75, 3.05) is 26.2 Å². The molecule has 3 aromatic carbocycles. The Labute approximate surface area is 191 Å². The topological polar surface area (TPSA) is 53.0 Å². The first-order valence-corrected chi connectivity index (χ1v) is 10.9. The molecule has 0 aliphatic carbocycles. The maximum Gasteiger partial charge on any atom is 0.335 e. The van der Waals surface area contributed by atoms with Gasteiger partial charge in [-0.3, -0.25) is 9.80 Å². The number of hydrogen-bond donors (Lipinski definition) is 1. The quantitative estimate of drug-likeness (QED) is 0.537. The second-order valence-electron chi connectivity index (χ2n) is 8.23. The molecular formula is C26H26F2N2O3. The maximum atomic E-state index is 13.8. The summed E-state index contributed by atoms with van der Waals surface area (Å²) < 4.78 is 32.4. The van der Waals surface area contributed by atoms with Gasteiger partial charge in [0.1, 0.15) is 11.6 Å². The Morgan fingerprint density at radius 3 is 1.94 bits per heavy atom. The van der Waals surface area contributed by atoms with Crippen molar-refractivity contribution in [3.63, 3.8) is 0 Å². The smallest absolute Gasteiger partial charge is 0.335 e. The second-order valence-corrected chi connectivity index (χ2v) is 8.23. The number of halogens is 2. The largest absolute Gasteiger partial charge is 0.478 e. The highest BCUT2D eigenvalue weighted by atomic mass is 19.1. The number of hydrogen-bond acceptors (Lipinski definition) is 4. The number of benzene rings is 3. The van der Waals surface area contributed by atoms with Gasteiger partial charge in [-0.2, -0.15) is 0 Å². The van der Waals surface area contributed by atoms with E-state index in [4.69, 9.17) is 9.84 Å². The molecule has 1 heterocycles. The monoisotopic (exact) mass is 452 g/mol. The van der Waals surface area contributed by atoms with Gasteiger partial charge < -0.3 is 9.84 Å². The SMILES string of the molecule is O=C(O)c1ccc(CN2CCCN(Cc3ccc(Oc4ccc(F)cc4F)cc3)CC2)cc1. The number of aromatic carboxylic acids is 1. The Morgan fingerprint density at radius 1 is 0.818 bits per heavy atom. The molecule has 4 rings (SSSR count). The predicted octanol–water partition coefficient (Wildman–Crippen LogP) is 5.16. The van der Waals surface area contributed by atoms with Gasteiger partial charge in [0.2, 0.25) is 0 Å². The molecule has 0 radical (unpaired) electrons. The van der Waals surface area contributed by atoms with Crippen LogP contribution in [0.1, 0.15) is 27.9 Å². The number of rotatable bonds is 7. The third-order valence-corrected chi connectivity index (χ3v) is 5.74. The summed E-state index contributed by atoms with van der Waals surface area (Å²) in [4.78, 5) is 15.8. The molecule has 1 aliphatic heterocycles. The summed E-state index contributed by atoms with van der Waals surface area (Å²) in [6.45, 7) is 5.48. The second kappa shape index (κ2) is 10.6. The van der Waals surface area contributed by atoms with Gasteiger partial charge in [0.05, 0.1) is 5.56 Å². The van der Waals surface area contributed by atoms with Gasteiger partial charge in [-0.25, -0.2) is 13.6 Å². The summed E-state index contributed by atoms with van der Waals surface area (Å²) in [7, 11) is 0. The van der Waals surface area contributed by atoms with Crippen LogP contribution < -0.4 is 4.74 Å². The molecule has 1 fully saturated rings. The Balaban J connectivity index is 1.28. The van der Waals surface area contributed by atoms with Crippen molar-refractivity contribution in [3.05, 3.63) is 95.1 Å². The fourth-order valence-electron chi connectivity index (χ4n) is 3.96. The van der Waals surface area contributed by atoms with Crippen molar-refractivity contribution < 1.29 is 23.4 Å². The van der Waals surface area contributed by atoms with E-state index in [0.717, 1.165) is 62.9 Å². The van der Waals surface area contributed by atoms with Crippen molar-refractivity contribution in [2.24, 2.45) is 0 Å². The van der Waals surface area contributed by atoms with Crippen LogP contribution in [0.25, 0.3) is 0 Å². The van der Waals surface area contributed by atoms with Gasteiger partial charge in [-0.1, -0.05) is 24.3 Å². The molecule has 0 unspecified atom stereocenters. The molecule has 7 heteroatoms. The molecule has 3 aromatic rings. The number of nitrogens with zero attached hydrogens (tertiary/aromatic N) is 2. The summed E-state index contributed by atoms with van der Waals surface area (Å²) >= 11 is 0. The van der Waals surface area contributed by atoms with Gasteiger partial charge in [0.25, 0.3) is 0 Å². The minimum Gasteiger partial charge on any atom is -0.478 e. The van der Waals surface area contributed by atoms with Crippen molar-refractivity contribution in [1.82, 2.24) is 9.80 Å². The first-order chi connectivity index (χ1) is 16.0. The van der Waals surface area contributed by atoms with Crippen LogP contribution in [0, 0.1) is 11.6 Å². The summed E-state index contributed by atoms with van der Waals surface area (Å²) in [6.07, 6.45) is 1.05. The fraction of sp³-hybridized carbons (Fsp3) is 0.269. The average molecular weight is 453 g/mol. The lowest BCUT2D eigenvalue weighted by Crippen LogP contribution is -2.30. The van der Waals surface area contributed by atoms with E-state index in [1.807, 2.05) is 24.3 Å². The Bertz CT molecular complexity index is 1090. The number of carboxylic acids is 1. The van der Waals surface area contributed by atoms with Crippen LogP contribution in [-0.2, 0) is 13.1 Å². The summed E-state index contributed by atoms with van der Waals surface area (Å²) in [5.74, 6) is -1.78. The van der Waals surface area contributed by atoms with E-state index in [2.05, 4.69) is 9.80 Å². The Kier molecular flexibility index (Phi) is 7.32. The highest BCUT2D eigenvalue weighted by Gasteiger charge is 2.16. The molecule has 5 nitrogen and oxygen atoms in total. The molecule has 0 bridgehead atoms. The average Bonchev–Trinajstić information content (AvgIpc) is 3.02. The van der Waals surface area contributed by atoms with Gasteiger partial charge in [0, 0.05) is 32.2 Å². The zero-order valence-corrected chi connectivity index (χ0v) is 18.2. The molecule has 0 spiro atoms. The zero-order chi connectivity index (χ0) is 23.2. The van der Waals surface area contributed by atoms with E-state index in [1.165, 1.54) is 12.1 Å². The number of carboxylic acid groups (broad SMARTS) is 1. The minimum atomic E-state index is -0.908. The van der Waals surface area contributed by atoms with E-state index in [1.54, 1.807) is 24.3 Å². The lowest BCUT2D eigenvalue weighted by Gasteiger charge is -2.22. The van der Waals surface area contributed by atoms with Gasteiger partial charge in [0.15, 0.2) is 11.6 Å². The predicted molar refractivity (Wildman–Crippen MR) is 121 cm³/mol. The molecule has 33 heavy (non-hydrogen) atoms. The van der Waals surface area contributed by atoms with Crippen molar-refractivity contribution in [3.8, 4) is 11.5 Å². The summed E-state index contributed by atoms with van der Waals surface area (Å²) in [5.41, 5.74) is 2.56. The minimum absolute atomic E-state index is 0.00522. The molecule has 1 saturated heterocycles. The lowest BCUT2D eigenvalue weighted by molar-refractivity contribution is 0.0697. The van der Waals surface area contributed by atoms with Crippen LogP contribution in [0.15, 0.2) is 66.7 Å².